The molecule has 1 aromatic heterocycles. The van der Waals surface area contributed by atoms with Gasteiger partial charge in [-0.1, -0.05) is 16.6 Å². The number of aromatic nitrogens is 2. The Morgan fingerprint density at radius 3 is 2.33 bits per heavy atom. The molecule has 78 valence electrons. The molecule has 0 saturated heterocycles. The highest BCUT2D eigenvalue weighted by Gasteiger charge is 2.07. The number of nitrogens with zero attached hydrogens (tertiary/aromatic N) is 2. The summed E-state index contributed by atoms with van der Waals surface area (Å²) in [5.41, 5.74) is 0.873. The lowest BCUT2D eigenvalue weighted by molar-refractivity contribution is 0.598. The lowest BCUT2D eigenvalue weighted by Gasteiger charge is -1.99. The van der Waals surface area contributed by atoms with Gasteiger partial charge in [-0.25, -0.2) is 13.6 Å². The van der Waals surface area contributed by atoms with Crippen molar-refractivity contribution in [3.63, 3.8) is 0 Å². The second-order valence-electron chi connectivity index (χ2n) is 2.85. The molecule has 1 heterocycles. The molecule has 0 saturated carbocycles. The SMILES string of the molecule is NS(=O)(=O)c1ccc(-c2cnns2)cc1. The molecule has 0 fully saturated rings. The van der Waals surface area contributed by atoms with Crippen molar-refractivity contribution in [3.8, 4) is 10.4 Å². The first-order valence-electron chi connectivity index (χ1n) is 3.98. The molecular weight excluding hydrogens is 234 g/mol. The molecule has 2 N–H and O–H groups in total. The predicted molar refractivity (Wildman–Crippen MR) is 56.7 cm³/mol. The summed E-state index contributed by atoms with van der Waals surface area (Å²) in [6, 6.07) is 6.28. The second kappa shape index (κ2) is 3.69. The average Bonchev–Trinajstić information content (AvgIpc) is 2.69. The van der Waals surface area contributed by atoms with Crippen LogP contribution in [0.15, 0.2) is 35.4 Å². The second-order valence-corrected chi connectivity index (χ2v) is 5.20. The lowest BCUT2D eigenvalue weighted by atomic mass is 10.2. The Bertz CT molecular complexity index is 546. The summed E-state index contributed by atoms with van der Waals surface area (Å²) in [5.74, 6) is 0. The highest BCUT2D eigenvalue weighted by molar-refractivity contribution is 7.89. The molecule has 2 aromatic rings. The fraction of sp³-hybridized carbons (Fsp3) is 0. The van der Waals surface area contributed by atoms with E-state index < -0.39 is 10.0 Å². The van der Waals surface area contributed by atoms with Crippen molar-refractivity contribution in [3.05, 3.63) is 30.5 Å². The first-order valence-corrected chi connectivity index (χ1v) is 6.30. The van der Waals surface area contributed by atoms with Crippen molar-refractivity contribution in [1.29, 1.82) is 0 Å². The molecule has 5 nitrogen and oxygen atoms in total. The van der Waals surface area contributed by atoms with Crippen molar-refractivity contribution in [2.45, 2.75) is 4.90 Å². The number of sulfonamides is 1. The van der Waals surface area contributed by atoms with Gasteiger partial charge in [0.2, 0.25) is 10.0 Å². The minimum Gasteiger partial charge on any atom is -0.225 e. The van der Waals surface area contributed by atoms with Gasteiger partial charge in [0.25, 0.3) is 0 Å². The van der Waals surface area contributed by atoms with Crippen LogP contribution in [0.3, 0.4) is 0 Å². The Kier molecular flexibility index (Phi) is 2.51. The monoisotopic (exact) mass is 241 g/mol. The summed E-state index contributed by atoms with van der Waals surface area (Å²) in [6.45, 7) is 0. The topological polar surface area (TPSA) is 85.9 Å². The fourth-order valence-electron chi connectivity index (χ4n) is 1.10. The Morgan fingerprint density at radius 1 is 1.20 bits per heavy atom. The van der Waals surface area contributed by atoms with Crippen LogP contribution in [0.5, 0.6) is 0 Å². The van der Waals surface area contributed by atoms with Crippen molar-refractivity contribution >= 4 is 21.6 Å². The van der Waals surface area contributed by atoms with Crippen LogP contribution in [-0.4, -0.2) is 18.0 Å². The Hall–Kier alpha value is -1.31. The zero-order valence-electron chi connectivity index (χ0n) is 7.49. The standard InChI is InChI=1S/C8H7N3O2S2/c9-15(12,13)7-3-1-6(2-4-7)8-5-10-11-14-8/h1-5H,(H2,9,12,13). The molecule has 2 rings (SSSR count). The van der Waals surface area contributed by atoms with E-state index >= 15 is 0 Å². The third-order valence-corrected chi connectivity index (χ3v) is 3.47. The first kappa shape index (κ1) is 10.2. The molecule has 7 heteroatoms. The normalized spacial score (nSPS) is 11.5. The first-order chi connectivity index (χ1) is 7.07. The van der Waals surface area contributed by atoms with Crippen molar-refractivity contribution in [1.82, 2.24) is 9.59 Å². The number of hydrogen-bond donors (Lipinski definition) is 1. The number of hydrogen-bond acceptors (Lipinski definition) is 5. The average molecular weight is 241 g/mol. The van der Waals surface area contributed by atoms with Crippen molar-refractivity contribution in [2.75, 3.05) is 0 Å². The highest BCUT2D eigenvalue weighted by Crippen LogP contribution is 2.22. The van der Waals surface area contributed by atoms with E-state index in [1.165, 1.54) is 23.7 Å². The van der Waals surface area contributed by atoms with Crippen LogP contribution in [-0.2, 0) is 10.0 Å². The largest absolute Gasteiger partial charge is 0.238 e. The van der Waals surface area contributed by atoms with Gasteiger partial charge in [0.05, 0.1) is 16.0 Å². The third kappa shape index (κ3) is 2.20. The Morgan fingerprint density at radius 2 is 1.87 bits per heavy atom. The van der Waals surface area contributed by atoms with Gasteiger partial charge in [0, 0.05) is 0 Å². The van der Waals surface area contributed by atoms with E-state index in [0.29, 0.717) is 0 Å². The van der Waals surface area contributed by atoms with E-state index in [-0.39, 0.29) is 4.90 Å². The molecule has 0 spiro atoms. The lowest BCUT2D eigenvalue weighted by Crippen LogP contribution is -2.11. The molecule has 1 aromatic carbocycles. The number of benzene rings is 1. The molecule has 0 unspecified atom stereocenters. The summed E-state index contributed by atoms with van der Waals surface area (Å²) < 4.78 is 25.7. The van der Waals surface area contributed by atoms with Crippen LogP contribution in [0, 0.1) is 0 Å². The summed E-state index contributed by atoms with van der Waals surface area (Å²) >= 11 is 1.25. The minimum absolute atomic E-state index is 0.101. The van der Waals surface area contributed by atoms with Gasteiger partial charge in [0.1, 0.15) is 0 Å². The Balaban J connectivity index is 2.42. The summed E-state index contributed by atoms with van der Waals surface area (Å²) in [5, 5.41) is 8.67. The summed E-state index contributed by atoms with van der Waals surface area (Å²) in [7, 11) is -3.62. The maximum atomic E-state index is 11.0. The van der Waals surface area contributed by atoms with Gasteiger partial charge >= 0.3 is 0 Å². The zero-order chi connectivity index (χ0) is 10.9. The van der Waals surface area contributed by atoms with E-state index in [4.69, 9.17) is 5.14 Å². The molecule has 0 aliphatic heterocycles. The van der Waals surface area contributed by atoms with Gasteiger partial charge < -0.3 is 0 Å². The van der Waals surface area contributed by atoms with E-state index in [9.17, 15) is 8.42 Å². The number of primary sulfonamides is 1. The quantitative estimate of drug-likeness (QED) is 0.844. The van der Waals surface area contributed by atoms with Crippen LogP contribution >= 0.6 is 11.5 Å². The molecule has 15 heavy (non-hydrogen) atoms. The highest BCUT2D eigenvalue weighted by atomic mass is 32.2. The summed E-state index contributed by atoms with van der Waals surface area (Å²) in [6.07, 6.45) is 1.62. The van der Waals surface area contributed by atoms with Crippen molar-refractivity contribution < 1.29 is 8.42 Å². The fourth-order valence-corrected chi connectivity index (χ4v) is 2.14. The number of nitrogens with two attached hydrogens (primary N) is 1. The Labute approximate surface area is 90.8 Å². The molecule has 0 aliphatic carbocycles. The van der Waals surface area contributed by atoms with Gasteiger partial charge in [-0.2, -0.15) is 0 Å². The minimum atomic E-state index is -3.62. The molecule has 0 radical (unpaired) electrons. The molecule has 0 aliphatic rings. The number of rotatable bonds is 2. The molecule has 0 bridgehead atoms. The maximum Gasteiger partial charge on any atom is 0.238 e. The van der Waals surface area contributed by atoms with Gasteiger partial charge in [-0.15, -0.1) is 5.10 Å². The van der Waals surface area contributed by atoms with Crippen LogP contribution < -0.4 is 5.14 Å². The van der Waals surface area contributed by atoms with Gasteiger partial charge in [-0.05, 0) is 29.2 Å². The van der Waals surface area contributed by atoms with Gasteiger partial charge in [-0.3, -0.25) is 0 Å². The molecule has 0 atom stereocenters. The van der Waals surface area contributed by atoms with E-state index in [2.05, 4.69) is 9.59 Å². The zero-order valence-corrected chi connectivity index (χ0v) is 9.12. The van der Waals surface area contributed by atoms with E-state index in [1.807, 2.05) is 0 Å². The predicted octanol–water partition coefficient (Wildman–Crippen LogP) is 0.853. The van der Waals surface area contributed by atoms with Crippen molar-refractivity contribution in [2.24, 2.45) is 5.14 Å². The maximum absolute atomic E-state index is 11.0. The third-order valence-electron chi connectivity index (χ3n) is 1.83. The van der Waals surface area contributed by atoms with Crippen LogP contribution in [0.1, 0.15) is 0 Å². The smallest absolute Gasteiger partial charge is 0.225 e. The van der Waals surface area contributed by atoms with Crippen LogP contribution in [0.4, 0.5) is 0 Å². The molecule has 0 amide bonds. The summed E-state index contributed by atoms with van der Waals surface area (Å²) in [4.78, 5) is 0.986. The van der Waals surface area contributed by atoms with Crippen LogP contribution in [0.25, 0.3) is 10.4 Å². The van der Waals surface area contributed by atoms with Gasteiger partial charge in [0.15, 0.2) is 0 Å². The van der Waals surface area contributed by atoms with E-state index in [0.717, 1.165) is 10.4 Å². The van der Waals surface area contributed by atoms with E-state index in [1.54, 1.807) is 18.3 Å². The molecular formula is C8H7N3O2S2. The van der Waals surface area contributed by atoms with Crippen LogP contribution in [0.2, 0.25) is 0 Å².